The molecule has 0 fully saturated rings. The lowest BCUT2D eigenvalue weighted by Gasteiger charge is -1.83. The van der Waals surface area contributed by atoms with Gasteiger partial charge in [0.1, 0.15) is 12.4 Å². The molecule has 0 aliphatic carbocycles. The summed E-state index contributed by atoms with van der Waals surface area (Å²) in [6.45, 7) is 2.13. The van der Waals surface area contributed by atoms with Gasteiger partial charge in [-0.05, 0) is 0 Å². The highest BCUT2D eigenvalue weighted by molar-refractivity contribution is 4.74. The maximum absolute atomic E-state index is 3.12. The van der Waals surface area contributed by atoms with Gasteiger partial charge in [0.05, 0.1) is 7.05 Å². The molecule has 0 radical (unpaired) electrons. The second-order valence-electron chi connectivity index (χ2n) is 1.87. The molecule has 0 atom stereocenters. The first-order valence-electron chi connectivity index (χ1n) is 2.86. The van der Waals surface area contributed by atoms with Crippen LogP contribution in [0.1, 0.15) is 12.7 Å². The Morgan fingerprint density at radius 2 is 2.33 bits per heavy atom. The van der Waals surface area contributed by atoms with Crippen LogP contribution in [-0.4, -0.2) is 10.5 Å². The quantitative estimate of drug-likeness (QED) is 0.501. The predicted molar refractivity (Wildman–Crippen MR) is 35.0 cm³/mol. The zero-order chi connectivity index (χ0) is 5.98. The highest BCUT2D eigenvalue weighted by atomic mass is 16.0. The van der Waals surface area contributed by atoms with Crippen LogP contribution in [0.5, 0.6) is 0 Å². The van der Waals surface area contributed by atoms with E-state index >= 15 is 0 Å². The number of H-pyrrole nitrogens is 1. The Hall–Kier alpha value is -0.830. The Balaban J connectivity index is 0.000000640. The van der Waals surface area contributed by atoms with E-state index in [2.05, 4.69) is 16.5 Å². The van der Waals surface area contributed by atoms with Crippen LogP contribution in [0.4, 0.5) is 0 Å². The van der Waals surface area contributed by atoms with Gasteiger partial charge in [0.2, 0.25) is 0 Å². The molecule has 0 saturated heterocycles. The van der Waals surface area contributed by atoms with E-state index in [0.29, 0.717) is 0 Å². The SMILES string of the molecule is CCc1[nH]cc[n+]1C.O. The minimum atomic E-state index is 0. The molecule has 52 valence electrons. The van der Waals surface area contributed by atoms with Gasteiger partial charge in [-0.2, -0.15) is 0 Å². The zero-order valence-corrected chi connectivity index (χ0v) is 5.81. The molecule has 0 spiro atoms. The molecule has 1 aromatic heterocycles. The molecule has 9 heavy (non-hydrogen) atoms. The van der Waals surface area contributed by atoms with Gasteiger partial charge in [-0.1, -0.05) is 6.92 Å². The van der Waals surface area contributed by atoms with Crippen molar-refractivity contribution in [3.8, 4) is 0 Å². The van der Waals surface area contributed by atoms with Gasteiger partial charge in [-0.25, -0.2) is 9.55 Å². The molecule has 3 nitrogen and oxygen atoms in total. The molecule has 0 saturated carbocycles. The van der Waals surface area contributed by atoms with Crippen molar-refractivity contribution >= 4 is 0 Å². The third-order valence-corrected chi connectivity index (χ3v) is 1.31. The fraction of sp³-hybridized carbons (Fsp3) is 0.500. The number of hydrogen-bond donors (Lipinski definition) is 1. The molecule has 0 amide bonds. The molecule has 0 aliphatic heterocycles. The van der Waals surface area contributed by atoms with Crippen LogP contribution in [0, 0.1) is 0 Å². The summed E-state index contributed by atoms with van der Waals surface area (Å²) in [7, 11) is 2.04. The van der Waals surface area contributed by atoms with Gasteiger partial charge < -0.3 is 5.48 Å². The Morgan fingerprint density at radius 3 is 2.56 bits per heavy atom. The topological polar surface area (TPSA) is 51.2 Å². The summed E-state index contributed by atoms with van der Waals surface area (Å²) in [5.41, 5.74) is 0. The maximum Gasteiger partial charge on any atom is 0.253 e. The molecular weight excluding hydrogens is 116 g/mol. The van der Waals surface area contributed by atoms with Crippen molar-refractivity contribution in [2.45, 2.75) is 13.3 Å². The van der Waals surface area contributed by atoms with Gasteiger partial charge in [0.15, 0.2) is 0 Å². The van der Waals surface area contributed by atoms with E-state index in [0.717, 1.165) is 6.42 Å². The second-order valence-corrected chi connectivity index (χ2v) is 1.87. The molecule has 1 rings (SSSR count). The first-order valence-corrected chi connectivity index (χ1v) is 2.86. The van der Waals surface area contributed by atoms with Crippen molar-refractivity contribution in [3.63, 3.8) is 0 Å². The van der Waals surface area contributed by atoms with Crippen molar-refractivity contribution in [1.82, 2.24) is 4.98 Å². The maximum atomic E-state index is 3.12. The lowest BCUT2D eigenvalue weighted by molar-refractivity contribution is -0.677. The van der Waals surface area contributed by atoms with Crippen LogP contribution in [0.3, 0.4) is 0 Å². The number of aryl methyl sites for hydroxylation is 2. The van der Waals surface area contributed by atoms with Crippen LogP contribution >= 0.6 is 0 Å². The van der Waals surface area contributed by atoms with Crippen molar-refractivity contribution in [3.05, 3.63) is 18.2 Å². The smallest absolute Gasteiger partial charge is 0.253 e. The fourth-order valence-electron chi connectivity index (χ4n) is 0.789. The lowest BCUT2D eigenvalue weighted by atomic mass is 10.5. The average molecular weight is 129 g/mol. The molecule has 0 unspecified atom stereocenters. The number of aromatic amines is 1. The van der Waals surface area contributed by atoms with E-state index in [1.54, 1.807) is 0 Å². The van der Waals surface area contributed by atoms with Gasteiger partial charge >= 0.3 is 0 Å². The molecule has 0 aromatic carbocycles. The third-order valence-electron chi connectivity index (χ3n) is 1.31. The second kappa shape index (κ2) is 3.25. The van der Waals surface area contributed by atoms with Gasteiger partial charge in [0.25, 0.3) is 5.82 Å². The Kier molecular flexibility index (Phi) is 2.95. The van der Waals surface area contributed by atoms with Crippen LogP contribution in [-0.2, 0) is 13.5 Å². The third kappa shape index (κ3) is 1.54. The van der Waals surface area contributed by atoms with Crippen molar-refractivity contribution in [1.29, 1.82) is 0 Å². The summed E-state index contributed by atoms with van der Waals surface area (Å²) in [5, 5.41) is 0. The van der Waals surface area contributed by atoms with E-state index in [1.165, 1.54) is 5.82 Å². The number of hydrogen-bond acceptors (Lipinski definition) is 0. The molecular formula is C6H13N2O+. The predicted octanol–water partition coefficient (Wildman–Crippen LogP) is -0.423. The van der Waals surface area contributed by atoms with Gasteiger partial charge in [0, 0.05) is 6.42 Å². The van der Waals surface area contributed by atoms with Gasteiger partial charge in [-0.3, -0.25) is 0 Å². The number of nitrogens with zero attached hydrogens (tertiary/aromatic N) is 1. The van der Waals surface area contributed by atoms with E-state index in [4.69, 9.17) is 0 Å². The molecule has 0 aliphatic rings. The first-order chi connectivity index (χ1) is 3.84. The number of aromatic nitrogens is 2. The highest BCUT2D eigenvalue weighted by Gasteiger charge is 1.99. The normalized spacial score (nSPS) is 8.67. The van der Waals surface area contributed by atoms with Gasteiger partial charge in [-0.15, -0.1) is 0 Å². The summed E-state index contributed by atoms with van der Waals surface area (Å²) in [6, 6.07) is 0. The van der Waals surface area contributed by atoms with E-state index < -0.39 is 0 Å². The van der Waals surface area contributed by atoms with E-state index in [9.17, 15) is 0 Å². The van der Waals surface area contributed by atoms with E-state index in [1.807, 2.05) is 19.4 Å². The minimum Gasteiger partial charge on any atom is -0.412 e. The van der Waals surface area contributed by atoms with Crippen LogP contribution in [0.2, 0.25) is 0 Å². The molecule has 3 heteroatoms. The number of nitrogens with one attached hydrogen (secondary N) is 1. The van der Waals surface area contributed by atoms with Crippen molar-refractivity contribution in [2.75, 3.05) is 0 Å². The summed E-state index contributed by atoms with van der Waals surface area (Å²) in [6.07, 6.45) is 5.03. The van der Waals surface area contributed by atoms with Crippen LogP contribution in [0.25, 0.3) is 0 Å². The lowest BCUT2D eigenvalue weighted by Crippen LogP contribution is -2.29. The average Bonchev–Trinajstić information content (AvgIpc) is 2.14. The van der Waals surface area contributed by atoms with Crippen LogP contribution in [0.15, 0.2) is 12.4 Å². The minimum absolute atomic E-state index is 0. The summed E-state index contributed by atoms with van der Waals surface area (Å²) in [5.74, 6) is 1.27. The van der Waals surface area contributed by atoms with Crippen molar-refractivity contribution in [2.24, 2.45) is 7.05 Å². The Labute approximate surface area is 54.6 Å². The monoisotopic (exact) mass is 129 g/mol. The molecule has 1 heterocycles. The zero-order valence-electron chi connectivity index (χ0n) is 5.81. The Morgan fingerprint density at radius 1 is 1.67 bits per heavy atom. The summed E-state index contributed by atoms with van der Waals surface area (Å²) in [4.78, 5) is 3.12. The fourth-order valence-corrected chi connectivity index (χ4v) is 0.789. The molecule has 1 aromatic rings. The first kappa shape index (κ1) is 8.17. The molecule has 3 N–H and O–H groups in total. The highest BCUT2D eigenvalue weighted by Crippen LogP contribution is 1.82. The standard InChI is InChI=1S/C6H10N2.H2O/c1-3-6-7-4-5-8(6)2;/h4-5H,3H2,1-2H3;1H2/p+1. The largest absolute Gasteiger partial charge is 0.412 e. The molecule has 0 bridgehead atoms. The van der Waals surface area contributed by atoms with E-state index in [-0.39, 0.29) is 5.48 Å². The van der Waals surface area contributed by atoms with Crippen molar-refractivity contribution < 1.29 is 10.0 Å². The number of rotatable bonds is 1. The summed E-state index contributed by atoms with van der Waals surface area (Å²) >= 11 is 0. The Bertz CT molecular complexity index is 171. The summed E-state index contributed by atoms with van der Waals surface area (Å²) < 4.78 is 2.08. The number of imidazole rings is 1. The van der Waals surface area contributed by atoms with Crippen LogP contribution < -0.4 is 4.57 Å².